The lowest BCUT2D eigenvalue weighted by atomic mass is 9.79. The molecule has 28 heavy (non-hydrogen) atoms. The first-order chi connectivity index (χ1) is 13.3. The molecule has 0 radical (unpaired) electrons. The zero-order valence-corrected chi connectivity index (χ0v) is 15.8. The van der Waals surface area contributed by atoms with Crippen molar-refractivity contribution >= 4 is 5.91 Å². The monoisotopic (exact) mass is 397 g/mol. The van der Waals surface area contributed by atoms with Crippen molar-refractivity contribution in [1.29, 1.82) is 0 Å². The molecule has 5 nitrogen and oxygen atoms in total. The van der Waals surface area contributed by atoms with Crippen molar-refractivity contribution in [3.63, 3.8) is 0 Å². The van der Waals surface area contributed by atoms with Gasteiger partial charge in [0.15, 0.2) is 6.23 Å². The molecule has 8 heteroatoms. The molecule has 2 unspecified atom stereocenters. The molecule has 0 saturated carbocycles. The fourth-order valence-electron chi connectivity index (χ4n) is 4.69. The normalized spacial score (nSPS) is 35.0. The number of rotatable bonds is 4. The van der Waals surface area contributed by atoms with Crippen LogP contribution in [0, 0.1) is 5.92 Å². The van der Waals surface area contributed by atoms with Crippen LogP contribution in [0.4, 0.5) is 13.2 Å². The highest BCUT2D eigenvalue weighted by molar-refractivity contribution is 5.94. The first-order valence-electron chi connectivity index (χ1n) is 9.95. The second kappa shape index (κ2) is 7.55. The van der Waals surface area contributed by atoms with E-state index in [1.165, 1.54) is 0 Å². The van der Waals surface area contributed by atoms with Crippen LogP contribution in [0.1, 0.15) is 43.0 Å². The first-order valence-corrected chi connectivity index (χ1v) is 9.95. The van der Waals surface area contributed by atoms with Gasteiger partial charge < -0.3 is 10.1 Å². The Bertz CT molecular complexity index is 700. The van der Waals surface area contributed by atoms with E-state index in [1.807, 2.05) is 0 Å². The average molecular weight is 397 g/mol. The Kier molecular flexibility index (Phi) is 5.26. The van der Waals surface area contributed by atoms with Crippen LogP contribution in [-0.4, -0.2) is 54.4 Å². The van der Waals surface area contributed by atoms with Crippen LogP contribution in [0.5, 0.6) is 5.75 Å². The van der Waals surface area contributed by atoms with Crippen LogP contribution < -0.4 is 15.4 Å². The number of nitrogens with zero attached hydrogens (tertiary/aromatic N) is 1. The quantitative estimate of drug-likeness (QED) is 0.820. The lowest BCUT2D eigenvalue weighted by Gasteiger charge is -2.49. The van der Waals surface area contributed by atoms with Gasteiger partial charge in [0, 0.05) is 17.6 Å². The molecule has 0 aromatic heterocycles. The number of benzene rings is 1. The summed E-state index contributed by atoms with van der Waals surface area (Å²) in [6.45, 7) is 4.37. The van der Waals surface area contributed by atoms with Gasteiger partial charge in [0.2, 0.25) is 0 Å². The van der Waals surface area contributed by atoms with Gasteiger partial charge in [-0.3, -0.25) is 15.0 Å². The van der Waals surface area contributed by atoms with E-state index in [2.05, 4.69) is 22.5 Å². The summed E-state index contributed by atoms with van der Waals surface area (Å²) in [5.41, 5.74) is 0.531. The van der Waals surface area contributed by atoms with E-state index in [9.17, 15) is 18.0 Å². The van der Waals surface area contributed by atoms with Crippen LogP contribution in [0.25, 0.3) is 0 Å². The minimum Gasteiger partial charge on any atom is -0.475 e. The molecule has 4 saturated heterocycles. The molecule has 4 heterocycles. The molecular weight excluding hydrogens is 371 g/mol. The maximum absolute atomic E-state index is 12.7. The Morgan fingerprint density at radius 3 is 2.39 bits per heavy atom. The fourth-order valence-corrected chi connectivity index (χ4v) is 4.69. The van der Waals surface area contributed by atoms with Crippen LogP contribution in [0.2, 0.25) is 0 Å². The number of hydrogen-bond donors (Lipinski definition) is 2. The zero-order chi connectivity index (χ0) is 19.9. The highest BCUT2D eigenvalue weighted by atomic mass is 19.4. The number of fused-ring (bicyclic) bond motifs is 3. The molecular formula is C20H26F3N3O2. The SMILES string of the molecule is C[C@H]1[C@H](NC(=O)c2ccc(OC3CCC(C(F)(F)F)N3)cc2)C2CCN1CC2. The number of hydrogen-bond acceptors (Lipinski definition) is 4. The predicted octanol–water partition coefficient (Wildman–Crippen LogP) is 2.92. The molecule has 1 aromatic carbocycles. The van der Waals surface area contributed by atoms with Gasteiger partial charge >= 0.3 is 6.18 Å². The van der Waals surface area contributed by atoms with Crippen molar-refractivity contribution in [3.8, 4) is 5.75 Å². The van der Waals surface area contributed by atoms with Crippen molar-refractivity contribution in [2.45, 2.75) is 63.1 Å². The van der Waals surface area contributed by atoms with Crippen molar-refractivity contribution in [1.82, 2.24) is 15.5 Å². The first kappa shape index (κ1) is 19.5. The second-order valence-corrected chi connectivity index (χ2v) is 8.08. The summed E-state index contributed by atoms with van der Waals surface area (Å²) in [4.78, 5) is 15.1. The standard InChI is InChI=1S/C20H26F3N3O2/c1-12-18(13-8-10-26(12)11-9-13)25-19(27)14-2-4-15(5-3-14)28-17-7-6-16(24-17)20(21,22)23/h2-5,12-13,16-18,24H,6-11H2,1H3,(H,25,27)/t12-,16?,17?,18-/m0/s1. The van der Waals surface area contributed by atoms with Gasteiger partial charge in [-0.2, -0.15) is 13.2 Å². The van der Waals surface area contributed by atoms with Crippen molar-refractivity contribution < 1.29 is 22.7 Å². The number of alkyl halides is 3. The third kappa shape index (κ3) is 3.98. The molecule has 4 fully saturated rings. The molecule has 5 rings (SSSR count). The predicted molar refractivity (Wildman–Crippen MR) is 98.1 cm³/mol. The maximum atomic E-state index is 12.7. The Labute approximate surface area is 162 Å². The van der Waals surface area contributed by atoms with E-state index in [4.69, 9.17) is 4.74 Å². The number of amides is 1. The summed E-state index contributed by atoms with van der Waals surface area (Å²) in [7, 11) is 0. The highest BCUT2D eigenvalue weighted by Crippen LogP contribution is 2.32. The minimum atomic E-state index is -4.26. The lowest BCUT2D eigenvalue weighted by Crippen LogP contribution is -2.62. The topological polar surface area (TPSA) is 53.6 Å². The summed E-state index contributed by atoms with van der Waals surface area (Å²) in [5.74, 6) is 0.864. The molecule has 1 amide bonds. The third-order valence-electron chi connectivity index (χ3n) is 6.37. The number of piperidine rings is 3. The number of halogens is 3. The molecule has 4 aliphatic rings. The van der Waals surface area contributed by atoms with E-state index in [-0.39, 0.29) is 18.4 Å². The molecule has 2 N–H and O–H groups in total. The van der Waals surface area contributed by atoms with Gasteiger partial charge in [-0.05, 0) is 75.9 Å². The average Bonchev–Trinajstić information content (AvgIpc) is 3.14. The van der Waals surface area contributed by atoms with Gasteiger partial charge in [0.05, 0.1) is 0 Å². The Balaban J connectivity index is 1.33. The van der Waals surface area contributed by atoms with E-state index in [1.54, 1.807) is 24.3 Å². The summed E-state index contributed by atoms with van der Waals surface area (Å²) < 4.78 is 43.8. The molecule has 0 aliphatic carbocycles. The maximum Gasteiger partial charge on any atom is 0.403 e. The van der Waals surface area contributed by atoms with Gasteiger partial charge in [-0.15, -0.1) is 0 Å². The summed E-state index contributed by atoms with van der Waals surface area (Å²) >= 11 is 0. The van der Waals surface area contributed by atoms with Crippen molar-refractivity contribution in [2.24, 2.45) is 5.92 Å². The molecule has 1 aromatic rings. The van der Waals surface area contributed by atoms with Crippen LogP contribution in [0.3, 0.4) is 0 Å². The Morgan fingerprint density at radius 2 is 1.82 bits per heavy atom. The minimum absolute atomic E-state index is 0.00636. The van der Waals surface area contributed by atoms with Crippen molar-refractivity contribution in [2.75, 3.05) is 13.1 Å². The number of carbonyl (C=O) groups excluding carboxylic acids is 1. The smallest absolute Gasteiger partial charge is 0.403 e. The van der Waals surface area contributed by atoms with Crippen LogP contribution in [-0.2, 0) is 0 Å². The lowest BCUT2D eigenvalue weighted by molar-refractivity contribution is -0.154. The molecule has 0 spiro atoms. The summed E-state index contributed by atoms with van der Waals surface area (Å²) in [6.07, 6.45) is -2.38. The molecule has 154 valence electrons. The number of nitrogens with one attached hydrogen (secondary N) is 2. The van der Waals surface area contributed by atoms with Crippen LogP contribution >= 0.6 is 0 Å². The van der Waals surface area contributed by atoms with E-state index >= 15 is 0 Å². The van der Waals surface area contributed by atoms with Gasteiger partial charge in [0.1, 0.15) is 11.8 Å². The van der Waals surface area contributed by atoms with E-state index in [0.29, 0.717) is 29.7 Å². The summed E-state index contributed by atoms with van der Waals surface area (Å²) in [5, 5.41) is 5.63. The number of carbonyl (C=O) groups is 1. The van der Waals surface area contributed by atoms with E-state index in [0.717, 1.165) is 25.9 Å². The van der Waals surface area contributed by atoms with Gasteiger partial charge in [-0.25, -0.2) is 0 Å². The third-order valence-corrected chi connectivity index (χ3v) is 6.37. The molecule has 2 bridgehead atoms. The van der Waals surface area contributed by atoms with Crippen molar-refractivity contribution in [3.05, 3.63) is 29.8 Å². The highest BCUT2D eigenvalue weighted by Gasteiger charge is 2.44. The fraction of sp³-hybridized carbons (Fsp3) is 0.650. The molecule has 4 atom stereocenters. The summed E-state index contributed by atoms with van der Waals surface area (Å²) in [6, 6.07) is 5.57. The van der Waals surface area contributed by atoms with E-state index < -0.39 is 18.4 Å². The van der Waals surface area contributed by atoms with Gasteiger partial charge in [0.25, 0.3) is 5.91 Å². The molecule has 4 aliphatic heterocycles. The van der Waals surface area contributed by atoms with Gasteiger partial charge in [-0.1, -0.05) is 0 Å². The number of ether oxygens (including phenoxy) is 1. The Morgan fingerprint density at radius 1 is 1.14 bits per heavy atom. The zero-order valence-electron chi connectivity index (χ0n) is 15.8. The van der Waals surface area contributed by atoms with Crippen LogP contribution in [0.15, 0.2) is 24.3 Å². The Hall–Kier alpha value is -1.80. The second-order valence-electron chi connectivity index (χ2n) is 8.08. The largest absolute Gasteiger partial charge is 0.475 e.